The minimum absolute atomic E-state index is 0.299. The number of nitrogens with two attached hydrogens (primary N) is 3. The third kappa shape index (κ3) is 11.5. The van der Waals surface area contributed by atoms with Gasteiger partial charge in [-0.2, -0.15) is 17.7 Å². The van der Waals surface area contributed by atoms with Crippen LogP contribution in [0.5, 0.6) is 0 Å². The number of carbonyl (C=O) groups excluding carboxylic acids is 2. The Bertz CT molecular complexity index is 1500. The molecule has 0 spiro atoms. The van der Waals surface area contributed by atoms with E-state index in [9.17, 15) is 22.8 Å². The van der Waals surface area contributed by atoms with E-state index in [1.54, 1.807) is 6.20 Å². The van der Waals surface area contributed by atoms with Crippen LogP contribution in [0.15, 0.2) is 60.8 Å². The number of para-hydroxylation sites is 1. The fourth-order valence-electron chi connectivity index (χ4n) is 6.95. The Morgan fingerprint density at radius 3 is 2.27 bits per heavy atom. The van der Waals surface area contributed by atoms with Crippen LogP contribution < -0.4 is 32.4 Å². The number of alkyl halides is 3. The second-order valence-electron chi connectivity index (χ2n) is 13.9. The van der Waals surface area contributed by atoms with Crippen molar-refractivity contribution in [3.05, 3.63) is 71.9 Å². The van der Waals surface area contributed by atoms with Crippen molar-refractivity contribution in [1.82, 2.24) is 5.32 Å². The Morgan fingerprint density at radius 1 is 0.939 bits per heavy atom. The first-order valence-electron chi connectivity index (χ1n) is 17.6. The summed E-state index contributed by atoms with van der Waals surface area (Å²) in [4.78, 5) is 27.2. The summed E-state index contributed by atoms with van der Waals surface area (Å²) in [5.41, 5.74) is 19.3. The summed E-state index contributed by atoms with van der Waals surface area (Å²) >= 11 is 0. The van der Waals surface area contributed by atoms with E-state index in [2.05, 4.69) is 17.7 Å². The number of quaternary nitrogens is 1. The van der Waals surface area contributed by atoms with E-state index >= 15 is 0 Å². The third-order valence-corrected chi connectivity index (χ3v) is 9.86. The van der Waals surface area contributed by atoms with Crippen LogP contribution in [-0.2, 0) is 22.3 Å². The first-order chi connectivity index (χ1) is 23.4. The molecule has 3 aromatic rings. The van der Waals surface area contributed by atoms with Gasteiger partial charge in [-0.25, -0.2) is 0 Å². The molecule has 1 heterocycles. The zero-order valence-electron chi connectivity index (χ0n) is 28.7. The van der Waals surface area contributed by atoms with Gasteiger partial charge in [0.05, 0.1) is 38.3 Å². The Morgan fingerprint density at radius 2 is 1.61 bits per heavy atom. The SMILES string of the molecule is C[N+](CCN)(CCN)CCCC(N)C(=O)N[C@@H](CCC1CCCCC1)C(=O)Nc1cc2ccccc2[n+](Cc2ccc(C(F)(F)F)cc2)c1. The number of hydrogen-bond acceptors (Lipinski definition) is 5. The van der Waals surface area contributed by atoms with E-state index in [1.165, 1.54) is 31.4 Å². The molecular formula is C37H54F3N7O2+2. The van der Waals surface area contributed by atoms with E-state index in [0.29, 0.717) is 49.6 Å². The van der Waals surface area contributed by atoms with Crippen LogP contribution in [0.2, 0.25) is 0 Å². The van der Waals surface area contributed by atoms with Crippen molar-refractivity contribution in [1.29, 1.82) is 0 Å². The number of aromatic nitrogens is 1. The molecule has 2 aromatic carbocycles. The molecule has 1 aromatic heterocycles. The van der Waals surface area contributed by atoms with Gasteiger partial charge in [-0.05, 0) is 55.9 Å². The highest BCUT2D eigenvalue weighted by Crippen LogP contribution is 2.30. The second-order valence-corrected chi connectivity index (χ2v) is 13.9. The molecule has 1 aliphatic rings. The lowest BCUT2D eigenvalue weighted by atomic mass is 9.85. The number of hydrogen-bond donors (Lipinski definition) is 5. The fourth-order valence-corrected chi connectivity index (χ4v) is 6.95. The lowest BCUT2D eigenvalue weighted by molar-refractivity contribution is -0.907. The lowest BCUT2D eigenvalue weighted by Gasteiger charge is -2.34. The molecule has 9 nitrogen and oxygen atoms in total. The molecule has 12 heteroatoms. The van der Waals surface area contributed by atoms with Crippen LogP contribution in [-0.4, -0.2) is 68.2 Å². The summed E-state index contributed by atoms with van der Waals surface area (Å²) in [5.74, 6) is -0.170. The zero-order valence-corrected chi connectivity index (χ0v) is 28.7. The number of carbonyl (C=O) groups is 2. The van der Waals surface area contributed by atoms with Crippen molar-refractivity contribution < 1.29 is 31.8 Å². The maximum atomic E-state index is 13.9. The van der Waals surface area contributed by atoms with Gasteiger partial charge < -0.3 is 32.3 Å². The molecule has 0 aliphatic heterocycles. The molecular weight excluding hydrogens is 631 g/mol. The van der Waals surface area contributed by atoms with Crippen molar-refractivity contribution in [2.45, 2.75) is 82.6 Å². The standard InChI is InChI=1S/C37H52F3N7O2/c1-47(22-19-41,23-20-42)21-7-11-32(43)35(48)45-33(18-15-27-8-3-2-4-9-27)36(49)44-31-24-29-10-5-6-12-34(29)46(26-31)25-28-13-16-30(17-14-28)37(38,39)40/h5-6,10,12-14,16-17,24,26-27,32-33H,2-4,7-9,11,15,18-23,25,41-43H2,1H3/p+2/t32?,33-/m0/s1. The van der Waals surface area contributed by atoms with Gasteiger partial charge in [0.2, 0.25) is 17.3 Å². The Kier molecular flexibility index (Phi) is 14.0. The highest BCUT2D eigenvalue weighted by Gasteiger charge is 2.30. The summed E-state index contributed by atoms with van der Waals surface area (Å²) < 4.78 is 42.0. The highest BCUT2D eigenvalue weighted by atomic mass is 19.4. The molecule has 1 fully saturated rings. The number of nitrogens with zero attached hydrogens (tertiary/aromatic N) is 2. The Hall–Kier alpha value is -3.58. The molecule has 1 unspecified atom stereocenters. The number of rotatable bonds is 17. The van der Waals surface area contributed by atoms with Gasteiger partial charge in [-0.15, -0.1) is 0 Å². The minimum Gasteiger partial charge on any atom is -0.343 e. The average Bonchev–Trinajstić information content (AvgIpc) is 3.07. The number of nitrogens with one attached hydrogen (secondary N) is 2. The maximum Gasteiger partial charge on any atom is 0.416 e. The third-order valence-electron chi connectivity index (χ3n) is 9.86. The van der Waals surface area contributed by atoms with Crippen LogP contribution in [0.4, 0.5) is 18.9 Å². The number of anilines is 1. The molecule has 2 amide bonds. The number of halogens is 3. The molecule has 268 valence electrons. The van der Waals surface area contributed by atoms with Crippen LogP contribution >= 0.6 is 0 Å². The molecule has 0 radical (unpaired) electrons. The second kappa shape index (κ2) is 17.9. The molecule has 8 N–H and O–H groups in total. The fraction of sp³-hybridized carbons (Fsp3) is 0.541. The summed E-state index contributed by atoms with van der Waals surface area (Å²) in [6, 6.07) is 13.0. The number of pyridine rings is 1. The summed E-state index contributed by atoms with van der Waals surface area (Å²) in [7, 11) is 2.11. The maximum absolute atomic E-state index is 13.9. The summed E-state index contributed by atoms with van der Waals surface area (Å²) in [6.45, 7) is 3.78. The zero-order chi connectivity index (χ0) is 35.4. The molecule has 1 aliphatic carbocycles. The molecule has 0 saturated heterocycles. The van der Waals surface area contributed by atoms with Gasteiger partial charge >= 0.3 is 6.18 Å². The molecule has 2 atom stereocenters. The molecule has 0 bridgehead atoms. The van der Waals surface area contributed by atoms with Crippen LogP contribution in [0.1, 0.15) is 68.9 Å². The quantitative estimate of drug-likeness (QED) is 0.106. The smallest absolute Gasteiger partial charge is 0.343 e. The summed E-state index contributed by atoms with van der Waals surface area (Å²) in [6.07, 6.45) is 5.73. The first-order valence-corrected chi connectivity index (χ1v) is 17.6. The van der Waals surface area contributed by atoms with E-state index < -0.39 is 23.8 Å². The van der Waals surface area contributed by atoms with Crippen LogP contribution in [0, 0.1) is 5.92 Å². The van der Waals surface area contributed by atoms with Crippen molar-refractivity contribution in [2.75, 3.05) is 45.1 Å². The Labute approximate surface area is 288 Å². The summed E-state index contributed by atoms with van der Waals surface area (Å²) in [5, 5.41) is 6.84. The molecule has 49 heavy (non-hydrogen) atoms. The van der Waals surface area contributed by atoms with Gasteiger partial charge in [-0.3, -0.25) is 9.59 Å². The molecule has 4 rings (SSSR count). The van der Waals surface area contributed by atoms with E-state index in [-0.39, 0.29) is 11.8 Å². The van der Waals surface area contributed by atoms with Crippen LogP contribution in [0.3, 0.4) is 0 Å². The van der Waals surface area contributed by atoms with Gasteiger partial charge in [0.1, 0.15) is 11.7 Å². The van der Waals surface area contributed by atoms with Crippen molar-refractivity contribution in [3.8, 4) is 0 Å². The van der Waals surface area contributed by atoms with Gasteiger partial charge in [0.15, 0.2) is 12.7 Å². The highest BCUT2D eigenvalue weighted by molar-refractivity contribution is 5.98. The Balaban J connectivity index is 1.48. The van der Waals surface area contributed by atoms with Crippen molar-refractivity contribution in [3.63, 3.8) is 0 Å². The molecule has 1 saturated carbocycles. The number of likely N-dealkylation sites (N-methyl/N-ethyl adjacent to an activating group) is 1. The number of benzene rings is 2. The van der Waals surface area contributed by atoms with Crippen molar-refractivity contribution >= 4 is 28.4 Å². The van der Waals surface area contributed by atoms with Gasteiger partial charge in [0.25, 0.3) is 0 Å². The predicted octanol–water partition coefficient (Wildman–Crippen LogP) is 4.45. The lowest BCUT2D eigenvalue weighted by Crippen LogP contribution is -2.52. The largest absolute Gasteiger partial charge is 0.416 e. The average molecular weight is 686 g/mol. The predicted molar refractivity (Wildman–Crippen MR) is 187 cm³/mol. The van der Waals surface area contributed by atoms with Gasteiger partial charge in [-0.1, -0.05) is 56.4 Å². The van der Waals surface area contributed by atoms with Crippen molar-refractivity contribution in [2.24, 2.45) is 23.1 Å². The topological polar surface area (TPSA) is 140 Å². The van der Waals surface area contributed by atoms with Crippen LogP contribution in [0.25, 0.3) is 10.9 Å². The van der Waals surface area contributed by atoms with Gasteiger partial charge in [0, 0.05) is 30.1 Å². The minimum atomic E-state index is -4.41. The number of amides is 2. The monoisotopic (exact) mass is 685 g/mol. The van der Waals surface area contributed by atoms with E-state index in [4.69, 9.17) is 17.2 Å². The van der Waals surface area contributed by atoms with E-state index in [1.807, 2.05) is 34.9 Å². The normalized spacial score (nSPS) is 15.6. The van der Waals surface area contributed by atoms with E-state index in [0.717, 1.165) is 72.8 Å². The number of fused-ring (bicyclic) bond motifs is 1. The first kappa shape index (κ1) is 38.2.